The number of benzene rings is 1. The summed E-state index contributed by atoms with van der Waals surface area (Å²) in [6.45, 7) is 9.44. The molecule has 3 aliphatic rings. The Labute approximate surface area is 252 Å². The minimum atomic E-state index is -4.73. The number of hydrogen-bond acceptors (Lipinski definition) is 7. The number of carbonyl (C=O) groups excluding carboxylic acids is 1. The number of sulfonamides is 1. The predicted molar refractivity (Wildman–Crippen MR) is 150 cm³/mol. The van der Waals surface area contributed by atoms with E-state index in [4.69, 9.17) is 6.57 Å². The summed E-state index contributed by atoms with van der Waals surface area (Å²) in [7, 11) is -4.37. The van der Waals surface area contributed by atoms with Gasteiger partial charge in [0.1, 0.15) is 12.2 Å². The monoisotopic (exact) mass is 655 g/mol. The zero-order valence-electron chi connectivity index (χ0n) is 23.4. The molecule has 10 nitrogen and oxygen atoms in total. The number of nitrogens with one attached hydrogen (secondary N) is 1. The molecule has 1 aliphatic carbocycles. The molecule has 1 saturated heterocycles. The first-order valence-corrected chi connectivity index (χ1v) is 16.1. The van der Waals surface area contributed by atoms with Gasteiger partial charge in [-0.1, -0.05) is 31.3 Å². The van der Waals surface area contributed by atoms with E-state index in [0.29, 0.717) is 47.3 Å². The van der Waals surface area contributed by atoms with Crippen molar-refractivity contribution >= 4 is 43.7 Å². The van der Waals surface area contributed by atoms with Crippen LogP contribution in [-0.4, -0.2) is 63.1 Å². The van der Waals surface area contributed by atoms with Gasteiger partial charge < -0.3 is 4.90 Å². The molecule has 2 bridgehead atoms. The molecule has 1 amide bonds. The van der Waals surface area contributed by atoms with Gasteiger partial charge in [0.25, 0.3) is 12.1 Å². The first-order valence-electron chi connectivity index (χ1n) is 13.8. The molecule has 2 aromatic heterocycles. The fraction of sp³-hybridized carbons (Fsp3) is 0.519. The van der Waals surface area contributed by atoms with E-state index in [9.17, 15) is 35.2 Å². The molecule has 0 radical (unpaired) electrons. The molecular weight excluding hydrogens is 629 g/mol. The second kappa shape index (κ2) is 10.6. The van der Waals surface area contributed by atoms with Crippen LogP contribution in [0.5, 0.6) is 0 Å². The maximum Gasteiger partial charge on any atom is 0.408 e. The second-order valence-corrected chi connectivity index (χ2v) is 14.3. The van der Waals surface area contributed by atoms with Gasteiger partial charge in [-0.25, -0.2) is 23.8 Å². The highest BCUT2D eigenvalue weighted by molar-refractivity contribution is 7.89. The Morgan fingerprint density at radius 3 is 2.52 bits per heavy atom. The average Bonchev–Trinajstić information content (AvgIpc) is 3.24. The van der Waals surface area contributed by atoms with Gasteiger partial charge in [0.05, 0.1) is 29.3 Å². The van der Waals surface area contributed by atoms with Gasteiger partial charge in [-0.3, -0.25) is 14.3 Å². The molecule has 1 N–H and O–H groups in total. The summed E-state index contributed by atoms with van der Waals surface area (Å²) in [5.41, 5.74) is -0.881. The van der Waals surface area contributed by atoms with E-state index in [0.717, 1.165) is 6.07 Å². The van der Waals surface area contributed by atoms with Gasteiger partial charge in [-0.2, -0.15) is 18.3 Å². The number of aromatic nitrogens is 4. The summed E-state index contributed by atoms with van der Waals surface area (Å²) in [6.07, 6.45) is -3.77. The van der Waals surface area contributed by atoms with Crippen LogP contribution in [0.1, 0.15) is 62.9 Å². The standard InChI is InChI=1S/C27H26F5N7O3S2/c1-13(2)25(40)39-15-4-5-16(39)9-14(8-15)18-10-17(44(41,42)37-26(33-3)6-7-26)11-19-20(23-34-35-24(43-23)22(28)29)36-38(21(18)19)12-27(30,31)32/h8,10-11,13,15-16,22,37H,4-7,9,12H2,1-2H3. The number of hydrogen-bond donors (Lipinski definition) is 1. The van der Waals surface area contributed by atoms with Gasteiger partial charge >= 0.3 is 6.18 Å². The molecule has 4 heterocycles. The van der Waals surface area contributed by atoms with Crippen LogP contribution in [0.3, 0.4) is 0 Å². The van der Waals surface area contributed by atoms with Gasteiger partial charge in [-0.15, -0.1) is 14.9 Å². The third-order valence-corrected chi connectivity index (χ3v) is 10.5. The number of amides is 1. The Morgan fingerprint density at radius 1 is 1.23 bits per heavy atom. The Hall–Kier alpha value is -3.49. The molecule has 3 aromatic rings. The normalized spacial score (nSPS) is 21.3. The molecule has 2 fully saturated rings. The zero-order chi connectivity index (χ0) is 31.8. The molecule has 2 unspecified atom stereocenters. The van der Waals surface area contributed by atoms with Crippen molar-refractivity contribution in [2.45, 2.75) is 87.7 Å². The Kier molecular flexibility index (Phi) is 7.32. The minimum Gasteiger partial charge on any atom is -0.333 e. The lowest BCUT2D eigenvalue weighted by atomic mass is 9.92. The summed E-state index contributed by atoms with van der Waals surface area (Å²) in [4.78, 5) is 17.8. The van der Waals surface area contributed by atoms with Crippen molar-refractivity contribution in [3.8, 4) is 10.7 Å². The van der Waals surface area contributed by atoms with Crippen LogP contribution < -0.4 is 4.72 Å². The van der Waals surface area contributed by atoms with E-state index in [1.165, 1.54) is 6.07 Å². The molecule has 2 aliphatic heterocycles. The van der Waals surface area contributed by atoms with E-state index in [1.54, 1.807) is 24.8 Å². The van der Waals surface area contributed by atoms with E-state index < -0.39 is 39.8 Å². The van der Waals surface area contributed by atoms with E-state index in [2.05, 4.69) is 24.9 Å². The Balaban J connectivity index is 1.59. The molecule has 17 heteroatoms. The lowest BCUT2D eigenvalue weighted by Gasteiger charge is -2.35. The molecule has 1 saturated carbocycles. The number of alkyl halides is 5. The number of fused-ring (bicyclic) bond motifs is 3. The van der Waals surface area contributed by atoms with Gasteiger partial charge in [0, 0.05) is 22.9 Å². The smallest absolute Gasteiger partial charge is 0.333 e. The van der Waals surface area contributed by atoms with Crippen molar-refractivity contribution in [3.05, 3.63) is 40.2 Å². The molecule has 44 heavy (non-hydrogen) atoms. The van der Waals surface area contributed by atoms with Crippen LogP contribution >= 0.6 is 11.3 Å². The van der Waals surface area contributed by atoms with Gasteiger partial charge in [-0.05, 0) is 37.0 Å². The van der Waals surface area contributed by atoms with Crippen LogP contribution in [0, 0.1) is 12.5 Å². The summed E-state index contributed by atoms with van der Waals surface area (Å²) in [5.74, 6) is -0.319. The molecular formula is C27H26F5N7O3S2. The predicted octanol–water partition coefficient (Wildman–Crippen LogP) is 5.55. The highest BCUT2D eigenvalue weighted by atomic mass is 32.2. The van der Waals surface area contributed by atoms with Crippen LogP contribution in [0.2, 0.25) is 0 Å². The largest absolute Gasteiger partial charge is 0.408 e. The molecule has 234 valence electrons. The quantitative estimate of drug-likeness (QED) is 0.252. The fourth-order valence-corrected chi connectivity index (χ4v) is 8.00. The van der Waals surface area contributed by atoms with Crippen molar-refractivity contribution < 1.29 is 35.2 Å². The first kappa shape index (κ1) is 30.5. The molecule has 0 spiro atoms. The summed E-state index contributed by atoms with van der Waals surface area (Å²) >= 11 is 0.443. The first-order chi connectivity index (χ1) is 20.6. The maximum absolute atomic E-state index is 13.8. The number of halogens is 5. The van der Waals surface area contributed by atoms with Crippen molar-refractivity contribution in [1.82, 2.24) is 29.6 Å². The summed E-state index contributed by atoms with van der Waals surface area (Å²) in [6, 6.07) is 1.82. The van der Waals surface area contributed by atoms with Gasteiger partial charge in [0.15, 0.2) is 10.0 Å². The molecule has 1 aromatic carbocycles. The van der Waals surface area contributed by atoms with Crippen molar-refractivity contribution in [2.24, 2.45) is 5.92 Å². The van der Waals surface area contributed by atoms with E-state index >= 15 is 0 Å². The van der Waals surface area contributed by atoms with Crippen molar-refractivity contribution in [1.29, 1.82) is 0 Å². The second-order valence-electron chi connectivity index (χ2n) is 11.6. The lowest BCUT2D eigenvalue weighted by Crippen LogP contribution is -2.44. The van der Waals surface area contributed by atoms with E-state index in [1.807, 2.05) is 0 Å². The minimum absolute atomic E-state index is 0.0503. The highest BCUT2D eigenvalue weighted by Gasteiger charge is 2.54. The highest BCUT2D eigenvalue weighted by Crippen LogP contribution is 2.45. The summed E-state index contributed by atoms with van der Waals surface area (Å²) < 4.78 is 98.5. The average molecular weight is 656 g/mol. The van der Waals surface area contributed by atoms with Crippen LogP contribution in [-0.2, 0) is 21.4 Å². The van der Waals surface area contributed by atoms with Gasteiger partial charge in [0.2, 0.25) is 15.9 Å². The van der Waals surface area contributed by atoms with E-state index in [-0.39, 0.29) is 62.4 Å². The van der Waals surface area contributed by atoms with Crippen LogP contribution in [0.15, 0.2) is 23.1 Å². The lowest BCUT2D eigenvalue weighted by molar-refractivity contribution is -0.142. The number of rotatable bonds is 8. The molecule has 6 rings (SSSR count). The molecule has 2 atom stereocenters. The third kappa shape index (κ3) is 5.47. The van der Waals surface area contributed by atoms with Crippen molar-refractivity contribution in [2.75, 3.05) is 0 Å². The maximum atomic E-state index is 13.8. The summed E-state index contributed by atoms with van der Waals surface area (Å²) in [5, 5.41) is 10.4. The van der Waals surface area contributed by atoms with Crippen LogP contribution in [0.4, 0.5) is 22.0 Å². The SMILES string of the molecule is [C-]#[N+]C1(NS(=O)(=O)c2cc(C3=CC4CCC(C3)N4C(=O)C(C)C)c3c(c2)c(-c2nnc(C(F)F)s2)nn3CC(F)(F)F)CC1. The topological polar surface area (TPSA) is 114 Å². The fourth-order valence-electron chi connectivity index (χ4n) is 5.89. The Bertz CT molecular complexity index is 1840. The van der Waals surface area contributed by atoms with Crippen molar-refractivity contribution in [3.63, 3.8) is 0 Å². The number of carbonyl (C=O) groups is 1. The number of nitrogens with zero attached hydrogens (tertiary/aromatic N) is 6. The zero-order valence-corrected chi connectivity index (χ0v) is 25.0. The Morgan fingerprint density at radius 2 is 1.95 bits per heavy atom. The third-order valence-electron chi connectivity index (χ3n) is 8.04. The van der Waals surface area contributed by atoms with Crippen LogP contribution in [0.25, 0.3) is 32.0 Å².